The summed E-state index contributed by atoms with van der Waals surface area (Å²) in [6.45, 7) is 0. The number of nitrogens with zero attached hydrogens (tertiary/aromatic N) is 2. The SMILES string of the molecule is NC1SC=NN1c1ccccc1. The quantitative estimate of drug-likeness (QED) is 0.709. The summed E-state index contributed by atoms with van der Waals surface area (Å²) in [5.41, 5.74) is 8.49. The van der Waals surface area contributed by atoms with Gasteiger partial charge in [-0.1, -0.05) is 30.0 Å². The fraction of sp³-hybridized carbons (Fsp3) is 0.125. The van der Waals surface area contributed by atoms with Gasteiger partial charge in [-0.2, -0.15) is 5.10 Å². The van der Waals surface area contributed by atoms with E-state index in [9.17, 15) is 0 Å². The predicted molar refractivity (Wildman–Crippen MR) is 53.0 cm³/mol. The van der Waals surface area contributed by atoms with Crippen LogP contribution in [0.25, 0.3) is 0 Å². The Morgan fingerprint density at radius 2 is 2.08 bits per heavy atom. The molecule has 1 aliphatic heterocycles. The molecule has 3 nitrogen and oxygen atoms in total. The zero-order chi connectivity index (χ0) is 8.39. The molecule has 1 atom stereocenters. The molecule has 0 spiro atoms. The second kappa shape index (κ2) is 3.16. The predicted octanol–water partition coefficient (Wildman–Crippen LogP) is 1.43. The first-order valence-corrected chi connectivity index (χ1v) is 4.60. The maximum Gasteiger partial charge on any atom is 0.152 e. The van der Waals surface area contributed by atoms with Crippen LogP contribution in [0, 0.1) is 0 Å². The highest BCUT2D eigenvalue weighted by Gasteiger charge is 2.17. The van der Waals surface area contributed by atoms with Crippen molar-refractivity contribution in [2.24, 2.45) is 10.8 Å². The molecule has 12 heavy (non-hydrogen) atoms. The topological polar surface area (TPSA) is 41.6 Å². The highest BCUT2D eigenvalue weighted by atomic mass is 32.2. The maximum absolute atomic E-state index is 5.77. The van der Waals surface area contributed by atoms with Gasteiger partial charge in [-0.15, -0.1) is 0 Å². The third kappa shape index (κ3) is 1.31. The van der Waals surface area contributed by atoms with Gasteiger partial charge in [-0.25, -0.2) is 5.01 Å². The normalized spacial score (nSPS) is 21.8. The lowest BCUT2D eigenvalue weighted by Crippen LogP contribution is -2.31. The lowest BCUT2D eigenvalue weighted by Gasteiger charge is -2.18. The Balaban J connectivity index is 2.25. The summed E-state index contributed by atoms with van der Waals surface area (Å²) in [6, 6.07) is 9.90. The minimum atomic E-state index is -0.0765. The van der Waals surface area contributed by atoms with Gasteiger partial charge in [0.25, 0.3) is 0 Å². The van der Waals surface area contributed by atoms with Gasteiger partial charge >= 0.3 is 0 Å². The highest BCUT2D eigenvalue weighted by Crippen LogP contribution is 2.23. The minimum Gasteiger partial charge on any atom is -0.301 e. The number of nitrogens with two attached hydrogens (primary N) is 1. The lowest BCUT2D eigenvalue weighted by molar-refractivity contribution is 0.834. The molecule has 1 heterocycles. The van der Waals surface area contributed by atoms with Gasteiger partial charge in [0, 0.05) is 0 Å². The van der Waals surface area contributed by atoms with E-state index in [0.717, 1.165) is 5.69 Å². The minimum absolute atomic E-state index is 0.0765. The van der Waals surface area contributed by atoms with Gasteiger partial charge in [0.15, 0.2) is 5.50 Å². The van der Waals surface area contributed by atoms with E-state index in [4.69, 9.17) is 5.73 Å². The molecule has 1 unspecified atom stereocenters. The van der Waals surface area contributed by atoms with Crippen LogP contribution in [0.15, 0.2) is 35.4 Å². The number of hydrazone groups is 1. The van der Waals surface area contributed by atoms with Crippen LogP contribution in [0.4, 0.5) is 5.69 Å². The van der Waals surface area contributed by atoms with E-state index >= 15 is 0 Å². The molecule has 0 radical (unpaired) electrons. The van der Waals surface area contributed by atoms with E-state index in [-0.39, 0.29) is 5.50 Å². The first-order chi connectivity index (χ1) is 5.88. The molecule has 0 fully saturated rings. The van der Waals surface area contributed by atoms with E-state index < -0.39 is 0 Å². The number of anilines is 1. The van der Waals surface area contributed by atoms with Gasteiger partial charge in [0.2, 0.25) is 0 Å². The second-order valence-corrected chi connectivity index (χ2v) is 3.39. The Morgan fingerprint density at radius 1 is 1.33 bits per heavy atom. The Hall–Kier alpha value is -1.00. The first kappa shape index (κ1) is 7.64. The van der Waals surface area contributed by atoms with Gasteiger partial charge in [-0.3, -0.25) is 0 Å². The largest absolute Gasteiger partial charge is 0.301 e. The molecule has 2 rings (SSSR count). The van der Waals surface area contributed by atoms with Gasteiger partial charge in [0.1, 0.15) is 0 Å². The zero-order valence-corrected chi connectivity index (χ0v) is 7.24. The standard InChI is InChI=1S/C8H9N3S/c9-8-11(10-6-12-8)7-4-2-1-3-5-7/h1-6,8H,9H2. The Labute approximate surface area is 75.2 Å². The van der Waals surface area contributed by atoms with Crippen LogP contribution >= 0.6 is 11.8 Å². The average molecular weight is 179 g/mol. The second-order valence-electron chi connectivity index (χ2n) is 2.43. The van der Waals surface area contributed by atoms with Crippen molar-refractivity contribution in [1.82, 2.24) is 0 Å². The number of benzene rings is 1. The van der Waals surface area contributed by atoms with Crippen LogP contribution in [-0.4, -0.2) is 11.0 Å². The Kier molecular flexibility index (Phi) is 2.01. The van der Waals surface area contributed by atoms with Gasteiger partial charge in [0.05, 0.1) is 11.2 Å². The van der Waals surface area contributed by atoms with E-state index in [1.54, 1.807) is 10.6 Å². The summed E-state index contributed by atoms with van der Waals surface area (Å²) in [5, 5.41) is 5.93. The van der Waals surface area contributed by atoms with Crippen molar-refractivity contribution in [3.63, 3.8) is 0 Å². The molecule has 2 N–H and O–H groups in total. The van der Waals surface area contributed by atoms with Crippen molar-refractivity contribution in [2.75, 3.05) is 5.01 Å². The number of thioether (sulfide) groups is 1. The third-order valence-electron chi connectivity index (χ3n) is 1.63. The molecule has 0 amide bonds. The molecule has 0 aromatic heterocycles. The van der Waals surface area contributed by atoms with E-state index in [2.05, 4.69) is 5.10 Å². The molecule has 0 saturated carbocycles. The fourth-order valence-electron chi connectivity index (χ4n) is 1.06. The average Bonchev–Trinajstić information content (AvgIpc) is 2.53. The van der Waals surface area contributed by atoms with Crippen molar-refractivity contribution in [3.8, 4) is 0 Å². The van der Waals surface area contributed by atoms with Crippen molar-refractivity contribution in [2.45, 2.75) is 5.50 Å². The summed E-state index contributed by atoms with van der Waals surface area (Å²) in [6.07, 6.45) is 0. The Morgan fingerprint density at radius 3 is 2.67 bits per heavy atom. The summed E-state index contributed by atoms with van der Waals surface area (Å²) in [5.74, 6) is 0. The fourth-order valence-corrected chi connectivity index (χ4v) is 1.63. The molecular formula is C8H9N3S. The van der Waals surface area contributed by atoms with Crippen LogP contribution in [0.5, 0.6) is 0 Å². The lowest BCUT2D eigenvalue weighted by atomic mass is 10.3. The first-order valence-electron chi connectivity index (χ1n) is 3.66. The van der Waals surface area contributed by atoms with Gasteiger partial charge in [-0.05, 0) is 12.1 Å². The third-order valence-corrected chi connectivity index (χ3v) is 2.33. The van der Waals surface area contributed by atoms with Crippen LogP contribution < -0.4 is 10.7 Å². The number of hydrogen-bond acceptors (Lipinski definition) is 4. The molecule has 1 aromatic rings. The molecular weight excluding hydrogens is 170 g/mol. The van der Waals surface area contributed by atoms with Crippen LogP contribution in [0.3, 0.4) is 0 Å². The van der Waals surface area contributed by atoms with Crippen LogP contribution in [0.1, 0.15) is 0 Å². The summed E-state index contributed by atoms with van der Waals surface area (Å²) in [7, 11) is 0. The summed E-state index contributed by atoms with van der Waals surface area (Å²) in [4.78, 5) is 0. The number of hydrogen-bond donors (Lipinski definition) is 1. The molecule has 1 aromatic carbocycles. The molecule has 0 saturated heterocycles. The van der Waals surface area contributed by atoms with Crippen molar-refractivity contribution >= 4 is 23.0 Å². The number of rotatable bonds is 1. The summed E-state index contributed by atoms with van der Waals surface area (Å²) >= 11 is 1.51. The van der Waals surface area contributed by atoms with Gasteiger partial charge < -0.3 is 5.73 Å². The molecule has 62 valence electrons. The van der Waals surface area contributed by atoms with E-state index in [0.29, 0.717) is 0 Å². The van der Waals surface area contributed by atoms with Crippen LogP contribution in [-0.2, 0) is 0 Å². The summed E-state index contributed by atoms with van der Waals surface area (Å²) < 4.78 is 0. The highest BCUT2D eigenvalue weighted by molar-refractivity contribution is 8.12. The monoisotopic (exact) mass is 179 g/mol. The van der Waals surface area contributed by atoms with Crippen molar-refractivity contribution in [1.29, 1.82) is 0 Å². The van der Waals surface area contributed by atoms with E-state index in [1.165, 1.54) is 11.8 Å². The van der Waals surface area contributed by atoms with Crippen LogP contribution in [0.2, 0.25) is 0 Å². The zero-order valence-electron chi connectivity index (χ0n) is 6.42. The van der Waals surface area contributed by atoms with Crippen molar-refractivity contribution in [3.05, 3.63) is 30.3 Å². The Bertz CT molecular complexity index is 286. The van der Waals surface area contributed by atoms with E-state index in [1.807, 2.05) is 30.3 Å². The van der Waals surface area contributed by atoms with Crippen molar-refractivity contribution < 1.29 is 0 Å². The number of para-hydroxylation sites is 1. The molecule has 0 aliphatic carbocycles. The smallest absolute Gasteiger partial charge is 0.152 e. The maximum atomic E-state index is 5.77. The molecule has 4 heteroatoms. The molecule has 1 aliphatic rings. The molecule has 0 bridgehead atoms.